The molecule has 0 radical (unpaired) electrons. The highest BCUT2D eigenvalue weighted by Crippen LogP contribution is 2.31. The number of aliphatic imine (C=N–C) groups is 1. The molecular formula is C11H7BrCl2N4. The van der Waals surface area contributed by atoms with Gasteiger partial charge < -0.3 is 10.6 Å². The molecule has 92 valence electrons. The summed E-state index contributed by atoms with van der Waals surface area (Å²) in [5.74, 6) is 0.416. The van der Waals surface area contributed by atoms with E-state index in [0.717, 1.165) is 5.69 Å². The molecule has 2 rings (SSSR count). The quantitative estimate of drug-likeness (QED) is 0.606. The average Bonchev–Trinajstić information content (AvgIpc) is 2.27. The van der Waals surface area contributed by atoms with E-state index in [9.17, 15) is 0 Å². The maximum absolute atomic E-state index is 8.70. The van der Waals surface area contributed by atoms with Crippen molar-refractivity contribution in [2.75, 3.05) is 5.32 Å². The molecule has 0 saturated carbocycles. The first-order valence-corrected chi connectivity index (χ1v) is 6.44. The van der Waals surface area contributed by atoms with Gasteiger partial charge in [-0.25, -0.2) is 4.99 Å². The molecule has 2 N–H and O–H groups in total. The molecular weight excluding hydrogens is 339 g/mol. The average molecular weight is 346 g/mol. The number of nitrogens with zero attached hydrogens (tertiary/aromatic N) is 2. The van der Waals surface area contributed by atoms with Crippen LogP contribution >= 0.6 is 39.1 Å². The van der Waals surface area contributed by atoms with Crippen LogP contribution in [0.1, 0.15) is 5.56 Å². The van der Waals surface area contributed by atoms with Crippen molar-refractivity contribution in [2.45, 2.75) is 3.91 Å². The molecule has 18 heavy (non-hydrogen) atoms. The zero-order valence-corrected chi connectivity index (χ0v) is 12.0. The standard InChI is InChI=1S/C11H7BrCl2N4/c12-11(14)5-9(13)17-10(18-11)16-8-3-1-7(6-15)2-4-8/h1-5H,(H2,16,17,18). The highest BCUT2D eigenvalue weighted by molar-refractivity contribution is 9.10. The Labute approximate surface area is 122 Å². The van der Waals surface area contributed by atoms with E-state index >= 15 is 0 Å². The lowest BCUT2D eigenvalue weighted by molar-refractivity contribution is 0.984. The van der Waals surface area contributed by atoms with Gasteiger partial charge in [-0.05, 0) is 40.2 Å². The van der Waals surface area contributed by atoms with E-state index in [1.54, 1.807) is 24.3 Å². The molecule has 4 nitrogen and oxygen atoms in total. The summed E-state index contributed by atoms with van der Waals surface area (Å²) in [6.45, 7) is 0. The highest BCUT2D eigenvalue weighted by atomic mass is 79.9. The fourth-order valence-electron chi connectivity index (χ4n) is 1.33. The number of anilines is 1. The molecule has 0 fully saturated rings. The molecule has 0 aliphatic carbocycles. The number of rotatable bonds is 1. The predicted octanol–water partition coefficient (Wildman–Crippen LogP) is 3.30. The number of hydrogen-bond donors (Lipinski definition) is 2. The van der Waals surface area contributed by atoms with Gasteiger partial charge in [-0.1, -0.05) is 23.2 Å². The first kappa shape index (κ1) is 13.2. The Morgan fingerprint density at radius 2 is 2.06 bits per heavy atom. The summed E-state index contributed by atoms with van der Waals surface area (Å²) in [5, 5.41) is 14.9. The monoisotopic (exact) mass is 344 g/mol. The fraction of sp³-hybridized carbons (Fsp3) is 0.0909. The van der Waals surface area contributed by atoms with Crippen LogP contribution in [0.15, 0.2) is 40.5 Å². The van der Waals surface area contributed by atoms with E-state index in [-0.39, 0.29) is 0 Å². The molecule has 7 heteroatoms. The van der Waals surface area contributed by atoms with Gasteiger partial charge in [-0.15, -0.1) is 0 Å². The van der Waals surface area contributed by atoms with Gasteiger partial charge in [-0.2, -0.15) is 5.26 Å². The van der Waals surface area contributed by atoms with Crippen LogP contribution in [0.2, 0.25) is 0 Å². The van der Waals surface area contributed by atoms with Crippen molar-refractivity contribution in [3.63, 3.8) is 0 Å². The first-order valence-electron chi connectivity index (χ1n) is 4.89. The number of nitriles is 1. The number of guanidine groups is 1. The van der Waals surface area contributed by atoms with E-state index in [0.29, 0.717) is 16.7 Å². The molecule has 1 atom stereocenters. The second-order valence-corrected chi connectivity index (χ2v) is 6.13. The minimum Gasteiger partial charge on any atom is -0.326 e. The lowest BCUT2D eigenvalue weighted by atomic mass is 10.2. The van der Waals surface area contributed by atoms with Crippen molar-refractivity contribution in [3.05, 3.63) is 41.1 Å². The predicted molar refractivity (Wildman–Crippen MR) is 76.8 cm³/mol. The maximum atomic E-state index is 8.70. The van der Waals surface area contributed by atoms with E-state index < -0.39 is 3.91 Å². The molecule has 1 aliphatic heterocycles. The number of hydrogen-bond acceptors (Lipinski definition) is 4. The fourth-order valence-corrected chi connectivity index (χ4v) is 2.37. The Bertz CT molecular complexity index is 557. The highest BCUT2D eigenvalue weighted by Gasteiger charge is 2.25. The summed E-state index contributed by atoms with van der Waals surface area (Å²) in [5.41, 5.74) is 1.36. The molecule has 0 saturated heterocycles. The Hall–Kier alpha value is -1.22. The first-order chi connectivity index (χ1) is 8.48. The summed E-state index contributed by atoms with van der Waals surface area (Å²) in [6, 6.07) is 8.97. The van der Waals surface area contributed by atoms with Crippen LogP contribution in [-0.2, 0) is 0 Å². The lowest BCUT2D eigenvalue weighted by Gasteiger charge is -2.21. The third-order valence-corrected chi connectivity index (χ3v) is 2.88. The molecule has 0 bridgehead atoms. The Morgan fingerprint density at radius 1 is 1.39 bits per heavy atom. The van der Waals surface area contributed by atoms with Gasteiger partial charge in [0.1, 0.15) is 5.16 Å². The topological polar surface area (TPSA) is 60.2 Å². The second kappa shape index (κ2) is 5.19. The van der Waals surface area contributed by atoms with Crippen molar-refractivity contribution < 1.29 is 0 Å². The van der Waals surface area contributed by atoms with Gasteiger partial charge in [0.15, 0.2) is 0 Å². The summed E-state index contributed by atoms with van der Waals surface area (Å²) >= 11 is 15.1. The number of benzene rings is 1. The number of alkyl halides is 2. The van der Waals surface area contributed by atoms with Gasteiger partial charge >= 0.3 is 0 Å². The zero-order valence-electron chi connectivity index (χ0n) is 8.92. The normalized spacial score (nSPS) is 22.3. The SMILES string of the molecule is N#Cc1ccc(NC2=NC(Cl)(Br)C=C(Cl)N2)cc1. The van der Waals surface area contributed by atoms with Crippen LogP contribution < -0.4 is 10.6 Å². The lowest BCUT2D eigenvalue weighted by Crippen LogP contribution is -2.35. The van der Waals surface area contributed by atoms with Crippen LogP contribution in [0.5, 0.6) is 0 Å². The van der Waals surface area contributed by atoms with Gasteiger partial charge in [0.2, 0.25) is 9.87 Å². The molecule has 0 aromatic heterocycles. The van der Waals surface area contributed by atoms with Crippen LogP contribution in [0.3, 0.4) is 0 Å². The minimum atomic E-state index is -1.05. The van der Waals surface area contributed by atoms with Gasteiger partial charge in [0.05, 0.1) is 11.6 Å². The van der Waals surface area contributed by atoms with E-state index in [2.05, 4.69) is 31.6 Å². The van der Waals surface area contributed by atoms with Gasteiger partial charge in [0, 0.05) is 11.8 Å². The second-order valence-electron chi connectivity index (χ2n) is 3.48. The van der Waals surface area contributed by atoms with Gasteiger partial charge in [0.25, 0.3) is 0 Å². The van der Waals surface area contributed by atoms with E-state index in [4.69, 9.17) is 28.5 Å². The third-order valence-electron chi connectivity index (χ3n) is 2.08. The van der Waals surface area contributed by atoms with E-state index in [1.807, 2.05) is 6.07 Å². The van der Waals surface area contributed by atoms with Crippen molar-refractivity contribution in [3.8, 4) is 6.07 Å². The van der Waals surface area contributed by atoms with Crippen LogP contribution in [-0.4, -0.2) is 9.87 Å². The van der Waals surface area contributed by atoms with Crippen LogP contribution in [0, 0.1) is 11.3 Å². The Balaban J connectivity index is 2.15. The summed E-state index contributed by atoms with van der Waals surface area (Å²) < 4.78 is -1.05. The van der Waals surface area contributed by atoms with E-state index in [1.165, 1.54) is 6.08 Å². The zero-order chi connectivity index (χ0) is 13.2. The third kappa shape index (κ3) is 3.39. The smallest absolute Gasteiger partial charge is 0.213 e. The molecule has 0 spiro atoms. The molecule has 1 unspecified atom stereocenters. The molecule has 1 aromatic rings. The van der Waals surface area contributed by atoms with Crippen molar-refractivity contribution in [1.82, 2.24) is 5.32 Å². The van der Waals surface area contributed by atoms with Gasteiger partial charge in [-0.3, -0.25) is 0 Å². The van der Waals surface area contributed by atoms with Crippen molar-refractivity contribution >= 4 is 50.8 Å². The molecule has 1 heterocycles. The number of nitrogens with one attached hydrogen (secondary N) is 2. The molecule has 1 aliphatic rings. The minimum absolute atomic E-state index is 0.369. The number of halogens is 3. The molecule has 1 aromatic carbocycles. The van der Waals surface area contributed by atoms with Crippen molar-refractivity contribution in [2.24, 2.45) is 4.99 Å². The molecule has 0 amide bonds. The summed E-state index contributed by atoms with van der Waals surface area (Å²) in [4.78, 5) is 4.15. The summed E-state index contributed by atoms with van der Waals surface area (Å²) in [6.07, 6.45) is 1.53. The van der Waals surface area contributed by atoms with Crippen molar-refractivity contribution in [1.29, 1.82) is 5.26 Å². The largest absolute Gasteiger partial charge is 0.326 e. The Kier molecular flexibility index (Phi) is 3.81. The summed E-state index contributed by atoms with van der Waals surface area (Å²) in [7, 11) is 0. The maximum Gasteiger partial charge on any atom is 0.213 e. The van der Waals surface area contributed by atoms with Crippen LogP contribution in [0.25, 0.3) is 0 Å². The Morgan fingerprint density at radius 3 is 2.61 bits per heavy atom. The van der Waals surface area contributed by atoms with Crippen LogP contribution in [0.4, 0.5) is 5.69 Å².